The minimum Gasteiger partial charge on any atom is -0.355 e. The van der Waals surface area contributed by atoms with Crippen LogP contribution in [0, 0.1) is 13.0 Å². The van der Waals surface area contributed by atoms with Crippen LogP contribution in [0.25, 0.3) is 0 Å². The molecule has 2 nitrogen and oxygen atoms in total. The van der Waals surface area contributed by atoms with Gasteiger partial charge in [-0.05, 0) is 55.0 Å². The standard InChI is InChI=1S/C12H14NO/c1-8-3-4-10(12(14)13-2)7-11(8)9-5-6-9/h4,7,9H,5-6H2,1-2H3,(H,13,14). The molecule has 0 heterocycles. The van der Waals surface area contributed by atoms with Gasteiger partial charge in [0.15, 0.2) is 0 Å². The maximum Gasteiger partial charge on any atom is 0.251 e. The highest BCUT2D eigenvalue weighted by Crippen LogP contribution is 2.41. The van der Waals surface area contributed by atoms with E-state index in [-0.39, 0.29) is 5.91 Å². The van der Waals surface area contributed by atoms with E-state index >= 15 is 0 Å². The number of nitrogens with one attached hydrogen (secondary N) is 1. The molecule has 14 heavy (non-hydrogen) atoms. The van der Waals surface area contributed by atoms with E-state index in [2.05, 4.69) is 18.3 Å². The zero-order valence-corrected chi connectivity index (χ0v) is 8.55. The van der Waals surface area contributed by atoms with Crippen molar-refractivity contribution in [3.05, 3.63) is 34.9 Å². The van der Waals surface area contributed by atoms with Crippen LogP contribution in [0.2, 0.25) is 0 Å². The highest BCUT2D eigenvalue weighted by Gasteiger charge is 2.25. The van der Waals surface area contributed by atoms with Crippen LogP contribution in [-0.4, -0.2) is 13.0 Å². The molecule has 1 aromatic rings. The molecule has 1 aliphatic carbocycles. The van der Waals surface area contributed by atoms with E-state index in [1.807, 2.05) is 6.07 Å². The molecular formula is C12H14NO. The topological polar surface area (TPSA) is 29.1 Å². The van der Waals surface area contributed by atoms with Gasteiger partial charge in [-0.15, -0.1) is 0 Å². The van der Waals surface area contributed by atoms with Crippen LogP contribution in [0.5, 0.6) is 0 Å². The van der Waals surface area contributed by atoms with E-state index in [4.69, 9.17) is 0 Å². The van der Waals surface area contributed by atoms with E-state index in [1.54, 1.807) is 13.1 Å². The largest absolute Gasteiger partial charge is 0.355 e. The van der Waals surface area contributed by atoms with Crippen LogP contribution in [0.3, 0.4) is 0 Å². The first-order valence-corrected chi connectivity index (χ1v) is 4.96. The molecule has 0 atom stereocenters. The van der Waals surface area contributed by atoms with Gasteiger partial charge in [-0.25, -0.2) is 0 Å². The second kappa shape index (κ2) is 3.45. The number of carbonyl (C=O) groups is 1. The number of carbonyl (C=O) groups excluding carboxylic acids is 1. The highest BCUT2D eigenvalue weighted by atomic mass is 16.1. The van der Waals surface area contributed by atoms with Crippen molar-refractivity contribution in [2.24, 2.45) is 0 Å². The predicted molar refractivity (Wildman–Crippen MR) is 55.4 cm³/mol. The van der Waals surface area contributed by atoms with Crippen molar-refractivity contribution in [3.63, 3.8) is 0 Å². The predicted octanol–water partition coefficient (Wildman–Crippen LogP) is 2.03. The molecule has 2 heteroatoms. The average Bonchev–Trinajstić information content (AvgIpc) is 3.01. The molecule has 0 bridgehead atoms. The van der Waals surface area contributed by atoms with Gasteiger partial charge in [-0.3, -0.25) is 4.79 Å². The molecule has 0 aromatic heterocycles. The van der Waals surface area contributed by atoms with Gasteiger partial charge in [0.25, 0.3) is 5.91 Å². The molecule has 1 aromatic carbocycles. The summed E-state index contributed by atoms with van der Waals surface area (Å²) >= 11 is 0. The molecule has 1 radical (unpaired) electrons. The van der Waals surface area contributed by atoms with Gasteiger partial charge in [0.1, 0.15) is 0 Å². The number of hydrogen-bond acceptors (Lipinski definition) is 1. The summed E-state index contributed by atoms with van der Waals surface area (Å²) in [6.07, 6.45) is 2.51. The van der Waals surface area contributed by atoms with E-state index in [0.29, 0.717) is 5.92 Å². The van der Waals surface area contributed by atoms with Crippen molar-refractivity contribution in [2.45, 2.75) is 25.7 Å². The number of amides is 1. The number of rotatable bonds is 2. The SMILES string of the molecule is CNC(=O)c1c[c]c(C)c(C2CC2)c1. The quantitative estimate of drug-likeness (QED) is 0.756. The summed E-state index contributed by atoms with van der Waals surface area (Å²) in [5.74, 6) is 0.652. The lowest BCUT2D eigenvalue weighted by atomic mass is 10.0. The third kappa shape index (κ3) is 1.65. The molecule has 1 N–H and O–H groups in total. The maximum absolute atomic E-state index is 11.4. The molecule has 0 aliphatic heterocycles. The highest BCUT2D eigenvalue weighted by molar-refractivity contribution is 5.94. The summed E-state index contributed by atoms with van der Waals surface area (Å²) in [5.41, 5.74) is 3.20. The van der Waals surface area contributed by atoms with Gasteiger partial charge < -0.3 is 5.32 Å². The van der Waals surface area contributed by atoms with Crippen molar-refractivity contribution < 1.29 is 4.79 Å². The second-order valence-electron chi connectivity index (χ2n) is 3.82. The molecule has 1 fully saturated rings. The van der Waals surface area contributed by atoms with E-state index in [0.717, 1.165) is 5.56 Å². The molecule has 0 spiro atoms. The Labute approximate surface area is 84.3 Å². The molecule has 73 valence electrons. The second-order valence-corrected chi connectivity index (χ2v) is 3.82. The molecule has 0 unspecified atom stereocenters. The van der Waals surface area contributed by atoms with Gasteiger partial charge >= 0.3 is 0 Å². The zero-order valence-electron chi connectivity index (χ0n) is 8.55. The van der Waals surface area contributed by atoms with Crippen LogP contribution >= 0.6 is 0 Å². The normalized spacial score (nSPS) is 15.3. The fourth-order valence-corrected chi connectivity index (χ4v) is 1.68. The van der Waals surface area contributed by atoms with E-state index in [9.17, 15) is 4.79 Å². The zero-order chi connectivity index (χ0) is 10.1. The Morgan fingerprint density at radius 1 is 1.57 bits per heavy atom. The van der Waals surface area contributed by atoms with Crippen LogP contribution in [-0.2, 0) is 0 Å². The van der Waals surface area contributed by atoms with Crippen LogP contribution in [0.15, 0.2) is 12.1 Å². The number of hydrogen-bond donors (Lipinski definition) is 1. The molecule has 1 aliphatic rings. The van der Waals surface area contributed by atoms with E-state index < -0.39 is 0 Å². The Hall–Kier alpha value is -1.31. The van der Waals surface area contributed by atoms with Crippen LogP contribution in [0.4, 0.5) is 0 Å². The number of benzene rings is 1. The van der Waals surface area contributed by atoms with Crippen molar-refractivity contribution in [2.75, 3.05) is 7.05 Å². The monoisotopic (exact) mass is 188 g/mol. The van der Waals surface area contributed by atoms with Gasteiger partial charge in [0, 0.05) is 12.6 Å². The molecule has 1 amide bonds. The molecule has 0 saturated heterocycles. The molecule has 1 saturated carbocycles. The maximum atomic E-state index is 11.4. The Balaban J connectivity index is 2.35. The van der Waals surface area contributed by atoms with Crippen molar-refractivity contribution in [3.8, 4) is 0 Å². The summed E-state index contributed by atoms with van der Waals surface area (Å²) in [6, 6.07) is 6.91. The first kappa shape index (κ1) is 9.25. The lowest BCUT2D eigenvalue weighted by molar-refractivity contribution is 0.0963. The van der Waals surface area contributed by atoms with Crippen molar-refractivity contribution in [1.29, 1.82) is 0 Å². The first-order valence-electron chi connectivity index (χ1n) is 4.96. The van der Waals surface area contributed by atoms with Gasteiger partial charge in [-0.2, -0.15) is 0 Å². The summed E-state index contributed by atoms with van der Waals surface area (Å²) in [6.45, 7) is 2.06. The summed E-state index contributed by atoms with van der Waals surface area (Å²) in [5, 5.41) is 2.63. The number of aryl methyl sites for hydroxylation is 1. The Bertz CT molecular complexity index is 367. The van der Waals surface area contributed by atoms with Gasteiger partial charge in [0.2, 0.25) is 0 Å². The molecular weight excluding hydrogens is 174 g/mol. The van der Waals surface area contributed by atoms with Crippen LogP contribution in [0.1, 0.15) is 40.2 Å². The van der Waals surface area contributed by atoms with Crippen LogP contribution < -0.4 is 5.32 Å². The summed E-state index contributed by atoms with van der Waals surface area (Å²) < 4.78 is 0. The third-order valence-corrected chi connectivity index (χ3v) is 2.69. The first-order chi connectivity index (χ1) is 6.72. The fourth-order valence-electron chi connectivity index (χ4n) is 1.68. The van der Waals surface area contributed by atoms with E-state index in [1.165, 1.54) is 24.0 Å². The van der Waals surface area contributed by atoms with Gasteiger partial charge in [-0.1, -0.05) is 0 Å². The lowest BCUT2D eigenvalue weighted by Gasteiger charge is -2.06. The van der Waals surface area contributed by atoms with Crippen molar-refractivity contribution >= 4 is 5.91 Å². The fraction of sp³-hybridized carbons (Fsp3) is 0.417. The lowest BCUT2D eigenvalue weighted by Crippen LogP contribution is -2.18. The smallest absolute Gasteiger partial charge is 0.251 e. The third-order valence-electron chi connectivity index (χ3n) is 2.69. The van der Waals surface area contributed by atoms with Gasteiger partial charge in [0.05, 0.1) is 0 Å². The minimum atomic E-state index is -0.0249. The summed E-state index contributed by atoms with van der Waals surface area (Å²) in [4.78, 5) is 11.4. The van der Waals surface area contributed by atoms with Crippen molar-refractivity contribution in [1.82, 2.24) is 5.32 Å². The Kier molecular flexibility index (Phi) is 2.28. The average molecular weight is 188 g/mol. The molecule has 2 rings (SSSR count). The Morgan fingerprint density at radius 2 is 2.29 bits per heavy atom. The summed E-state index contributed by atoms with van der Waals surface area (Å²) in [7, 11) is 1.65. The minimum absolute atomic E-state index is 0.0249. The Morgan fingerprint density at radius 3 is 2.86 bits per heavy atom.